The maximum absolute atomic E-state index is 11.2. The number of nitro groups is 1. The van der Waals surface area contributed by atoms with E-state index in [0.29, 0.717) is 17.1 Å². The predicted molar refractivity (Wildman–Crippen MR) is 108 cm³/mol. The van der Waals surface area contributed by atoms with E-state index in [2.05, 4.69) is 15.5 Å². The maximum Gasteiger partial charge on any atom is 1.00 e. The Bertz CT molecular complexity index is 1250. The molecule has 0 atom stereocenters. The molecule has 0 unspecified atom stereocenters. The Labute approximate surface area is 199 Å². The van der Waals surface area contributed by atoms with Crippen molar-refractivity contribution in [2.24, 2.45) is 10.2 Å². The first-order chi connectivity index (χ1) is 14.1. The number of phenolic OH excluding ortho intramolecular Hbond substituents is 1. The molecule has 0 aromatic heterocycles. The maximum atomic E-state index is 11.2. The van der Waals surface area contributed by atoms with Crippen LogP contribution in [0.2, 0.25) is 0 Å². The number of nitro benzene ring substituents is 1. The number of phenols is 1. The number of benzene rings is 3. The number of azo groups is 1. The summed E-state index contributed by atoms with van der Waals surface area (Å²) in [5.74, 6) is 0.129. The van der Waals surface area contributed by atoms with Crippen LogP contribution >= 0.6 is 0 Å². The van der Waals surface area contributed by atoms with Crippen LogP contribution in [-0.2, 0) is 10.1 Å². The van der Waals surface area contributed by atoms with Crippen molar-refractivity contribution in [1.29, 1.82) is 0 Å². The van der Waals surface area contributed by atoms with E-state index in [0.717, 1.165) is 23.8 Å². The number of rotatable bonds is 6. The van der Waals surface area contributed by atoms with Crippen molar-refractivity contribution >= 4 is 38.6 Å². The fraction of sp³-hybridized carbons (Fsp3) is 0.0526. The van der Waals surface area contributed by atoms with Gasteiger partial charge in [0.25, 0.3) is 5.69 Å². The molecule has 0 spiro atoms. The minimum Gasteiger partial charge on any atom is -0.744 e. The Morgan fingerprint density at radius 2 is 1.68 bits per heavy atom. The molecule has 154 valence electrons. The van der Waals surface area contributed by atoms with Gasteiger partial charge in [-0.2, -0.15) is 10.2 Å². The molecule has 0 saturated carbocycles. The zero-order chi connectivity index (χ0) is 21.9. The van der Waals surface area contributed by atoms with Gasteiger partial charge in [-0.05, 0) is 67.1 Å². The molecule has 12 heteroatoms. The largest absolute Gasteiger partial charge is 1.00 e. The molecule has 0 amide bonds. The minimum atomic E-state index is -4.76. The van der Waals surface area contributed by atoms with Gasteiger partial charge in [0, 0.05) is 11.8 Å². The first kappa shape index (κ1) is 24.4. The molecule has 0 aliphatic carbocycles. The Kier molecular flexibility index (Phi) is 7.87. The van der Waals surface area contributed by atoms with Gasteiger partial charge < -0.3 is 15.0 Å². The molecule has 10 nitrogen and oxygen atoms in total. The van der Waals surface area contributed by atoms with Crippen molar-refractivity contribution in [2.45, 2.75) is 11.8 Å². The quantitative estimate of drug-likeness (QED) is 0.190. The smallest absolute Gasteiger partial charge is 0.744 e. The first-order valence-electron chi connectivity index (χ1n) is 8.46. The Morgan fingerprint density at radius 3 is 2.26 bits per heavy atom. The number of aromatic hydroxyl groups is 1. The van der Waals surface area contributed by atoms with Crippen molar-refractivity contribution in [3.05, 3.63) is 76.3 Å². The van der Waals surface area contributed by atoms with Crippen LogP contribution in [0.15, 0.2) is 75.8 Å². The second kappa shape index (κ2) is 9.98. The van der Waals surface area contributed by atoms with Crippen LogP contribution in [0.25, 0.3) is 0 Å². The molecule has 0 aliphatic rings. The number of aryl methyl sites for hydroxylation is 1. The van der Waals surface area contributed by atoms with E-state index in [1.807, 2.05) is 0 Å². The fourth-order valence-corrected chi connectivity index (χ4v) is 3.06. The van der Waals surface area contributed by atoms with Gasteiger partial charge in [-0.3, -0.25) is 10.1 Å². The van der Waals surface area contributed by atoms with Crippen molar-refractivity contribution in [3.63, 3.8) is 0 Å². The molecule has 3 aromatic rings. The monoisotopic (exact) mass is 450 g/mol. The van der Waals surface area contributed by atoms with Crippen LogP contribution in [0.3, 0.4) is 0 Å². The second-order valence-electron chi connectivity index (χ2n) is 6.23. The molecular formula is C19H15N4NaO6S. The zero-order valence-corrected chi connectivity index (χ0v) is 19.3. The first-order valence-corrected chi connectivity index (χ1v) is 9.87. The van der Waals surface area contributed by atoms with E-state index in [1.54, 1.807) is 43.3 Å². The van der Waals surface area contributed by atoms with E-state index in [4.69, 9.17) is 0 Å². The second-order valence-corrected chi connectivity index (χ2v) is 7.61. The van der Waals surface area contributed by atoms with E-state index in [-0.39, 0.29) is 46.7 Å². The van der Waals surface area contributed by atoms with Crippen LogP contribution in [-0.4, -0.2) is 23.0 Å². The summed E-state index contributed by atoms with van der Waals surface area (Å²) < 4.78 is 33.6. The summed E-state index contributed by atoms with van der Waals surface area (Å²) in [6.07, 6.45) is 0. The summed E-state index contributed by atoms with van der Waals surface area (Å²) in [5.41, 5.74) is 1.73. The third-order valence-corrected chi connectivity index (χ3v) is 4.88. The minimum absolute atomic E-state index is 0. The third kappa shape index (κ3) is 6.32. The van der Waals surface area contributed by atoms with Crippen molar-refractivity contribution < 1.29 is 52.6 Å². The van der Waals surface area contributed by atoms with Gasteiger partial charge in [0.05, 0.1) is 21.2 Å². The predicted octanol–water partition coefficient (Wildman–Crippen LogP) is 1.68. The molecule has 0 saturated heterocycles. The van der Waals surface area contributed by atoms with Crippen molar-refractivity contribution in [1.82, 2.24) is 0 Å². The van der Waals surface area contributed by atoms with Gasteiger partial charge in [0.1, 0.15) is 21.6 Å². The van der Waals surface area contributed by atoms with Gasteiger partial charge in [-0.1, -0.05) is 0 Å². The van der Waals surface area contributed by atoms with Crippen molar-refractivity contribution in [3.8, 4) is 5.75 Å². The molecule has 31 heavy (non-hydrogen) atoms. The SMILES string of the molecule is Cc1cc(O)ccc1N=Nc1ccc(Nc2cc(S(=O)(=O)[O-])ccc2[N+](=O)[O-])cc1.[Na+]. The molecular weight excluding hydrogens is 435 g/mol. The van der Waals surface area contributed by atoms with Crippen LogP contribution in [0.1, 0.15) is 5.56 Å². The molecule has 0 radical (unpaired) electrons. The molecule has 2 N–H and O–H groups in total. The number of anilines is 2. The van der Waals surface area contributed by atoms with E-state index in [1.165, 1.54) is 6.07 Å². The van der Waals surface area contributed by atoms with Gasteiger partial charge >= 0.3 is 29.6 Å². The van der Waals surface area contributed by atoms with Crippen LogP contribution in [0, 0.1) is 17.0 Å². The average molecular weight is 450 g/mol. The third-order valence-electron chi connectivity index (χ3n) is 4.05. The molecule has 3 aromatic carbocycles. The molecule has 3 rings (SSSR count). The Hall–Kier alpha value is -2.83. The Balaban J connectivity index is 0.00000341. The molecule has 0 heterocycles. The van der Waals surface area contributed by atoms with Crippen LogP contribution in [0.4, 0.5) is 28.4 Å². The van der Waals surface area contributed by atoms with E-state index in [9.17, 15) is 28.2 Å². The number of hydrogen-bond donors (Lipinski definition) is 2. The van der Waals surface area contributed by atoms with Gasteiger partial charge in [-0.15, -0.1) is 0 Å². The summed E-state index contributed by atoms with van der Waals surface area (Å²) in [4.78, 5) is 9.92. The summed E-state index contributed by atoms with van der Waals surface area (Å²) in [5, 5.41) is 31.5. The van der Waals surface area contributed by atoms with Crippen LogP contribution in [0.5, 0.6) is 5.75 Å². The number of nitrogens with zero attached hydrogens (tertiary/aromatic N) is 3. The molecule has 0 aliphatic heterocycles. The zero-order valence-electron chi connectivity index (χ0n) is 16.5. The summed E-state index contributed by atoms with van der Waals surface area (Å²) in [6, 6.07) is 13.8. The standard InChI is InChI=1S/C19H16N4O6S.Na/c1-12-10-15(24)6-8-17(12)22-21-14-4-2-13(3-5-14)20-18-11-16(30(27,28)29)7-9-19(18)23(25)26;/h2-11,20,24H,1H3,(H,27,28,29);/q;+1/p-1. The van der Waals surface area contributed by atoms with E-state index >= 15 is 0 Å². The summed E-state index contributed by atoms with van der Waals surface area (Å²) in [6.45, 7) is 1.78. The topological polar surface area (TPSA) is 157 Å². The van der Waals surface area contributed by atoms with Gasteiger partial charge in [-0.25, -0.2) is 8.42 Å². The normalized spacial score (nSPS) is 11.2. The number of nitrogens with one attached hydrogen (secondary N) is 1. The molecule has 0 bridgehead atoms. The summed E-state index contributed by atoms with van der Waals surface area (Å²) >= 11 is 0. The Morgan fingerprint density at radius 1 is 1.00 bits per heavy atom. The van der Waals surface area contributed by atoms with Gasteiger partial charge in [0.15, 0.2) is 0 Å². The average Bonchev–Trinajstić information content (AvgIpc) is 2.67. The number of hydrogen-bond acceptors (Lipinski definition) is 9. The molecule has 0 fully saturated rings. The summed E-state index contributed by atoms with van der Waals surface area (Å²) in [7, 11) is -4.76. The fourth-order valence-electron chi connectivity index (χ4n) is 2.56. The van der Waals surface area contributed by atoms with Gasteiger partial charge in [0.2, 0.25) is 0 Å². The van der Waals surface area contributed by atoms with E-state index < -0.39 is 19.9 Å². The van der Waals surface area contributed by atoms with Crippen molar-refractivity contribution in [2.75, 3.05) is 5.32 Å². The van der Waals surface area contributed by atoms with Crippen LogP contribution < -0.4 is 34.9 Å².